The topological polar surface area (TPSA) is 96.5 Å². The number of fused-ring (bicyclic) bond motifs is 1. The number of hydrogen-bond acceptors (Lipinski definition) is 6. The normalized spacial score (nSPS) is 18.7. The Morgan fingerprint density at radius 2 is 2.11 bits per heavy atom. The van der Waals surface area contributed by atoms with Crippen molar-refractivity contribution in [1.29, 1.82) is 0 Å². The van der Waals surface area contributed by atoms with Crippen LogP contribution in [-0.4, -0.2) is 49.2 Å². The van der Waals surface area contributed by atoms with Crippen LogP contribution in [0.25, 0.3) is 5.65 Å². The molecule has 3 heterocycles. The van der Waals surface area contributed by atoms with E-state index in [4.69, 9.17) is 0 Å². The molecule has 0 amide bonds. The first kappa shape index (κ1) is 11.8. The molecule has 100 valence electrons. The Balaban J connectivity index is 1.86. The minimum atomic E-state index is -0.731. The molecule has 0 unspecified atom stereocenters. The Morgan fingerprint density at radius 1 is 1.37 bits per heavy atom. The quantitative estimate of drug-likeness (QED) is 0.826. The van der Waals surface area contributed by atoms with Crippen molar-refractivity contribution in [2.45, 2.75) is 19.8 Å². The highest BCUT2D eigenvalue weighted by molar-refractivity contribution is 5.74. The highest BCUT2D eigenvalue weighted by atomic mass is 16.4. The number of nitrogens with zero attached hydrogens (tertiary/aromatic N) is 6. The van der Waals surface area contributed by atoms with Crippen molar-refractivity contribution in [3.8, 4) is 0 Å². The van der Waals surface area contributed by atoms with Gasteiger partial charge in [-0.15, -0.1) is 5.10 Å². The van der Waals surface area contributed by atoms with Crippen molar-refractivity contribution in [3.05, 3.63) is 12.4 Å². The van der Waals surface area contributed by atoms with E-state index in [0.717, 1.165) is 5.82 Å². The summed E-state index contributed by atoms with van der Waals surface area (Å²) in [4.78, 5) is 17.4. The number of anilines is 1. The van der Waals surface area contributed by atoms with Crippen molar-refractivity contribution in [2.75, 3.05) is 18.0 Å². The van der Waals surface area contributed by atoms with Crippen LogP contribution in [0.1, 0.15) is 19.8 Å². The summed E-state index contributed by atoms with van der Waals surface area (Å²) in [5.41, 5.74) is -0.0533. The fourth-order valence-corrected chi connectivity index (χ4v) is 2.32. The zero-order valence-corrected chi connectivity index (χ0v) is 10.5. The molecule has 19 heavy (non-hydrogen) atoms. The first-order valence-electron chi connectivity index (χ1n) is 6.11. The van der Waals surface area contributed by atoms with E-state index in [9.17, 15) is 9.90 Å². The molecule has 1 N–H and O–H groups in total. The molecule has 0 atom stereocenters. The van der Waals surface area contributed by atoms with Gasteiger partial charge in [0.2, 0.25) is 0 Å². The molecule has 0 saturated carbocycles. The van der Waals surface area contributed by atoms with Crippen molar-refractivity contribution in [3.63, 3.8) is 0 Å². The minimum Gasteiger partial charge on any atom is -0.481 e. The molecule has 0 radical (unpaired) electrons. The summed E-state index contributed by atoms with van der Waals surface area (Å²) in [6.07, 6.45) is 4.49. The molecule has 1 aliphatic rings. The Kier molecular flexibility index (Phi) is 2.58. The summed E-state index contributed by atoms with van der Waals surface area (Å²) in [6.45, 7) is 3.11. The third-order valence-electron chi connectivity index (χ3n) is 3.80. The maximum absolute atomic E-state index is 11.2. The van der Waals surface area contributed by atoms with Gasteiger partial charge in [0.15, 0.2) is 11.5 Å². The third kappa shape index (κ3) is 1.88. The van der Waals surface area contributed by atoms with Gasteiger partial charge in [0.25, 0.3) is 0 Å². The summed E-state index contributed by atoms with van der Waals surface area (Å²) < 4.78 is 1.62. The fourth-order valence-electron chi connectivity index (χ4n) is 2.32. The summed E-state index contributed by atoms with van der Waals surface area (Å²) in [5.74, 6) is 0.0702. The van der Waals surface area contributed by atoms with Crippen LogP contribution in [0, 0.1) is 5.41 Å². The molecule has 1 aliphatic heterocycles. The van der Waals surface area contributed by atoms with E-state index in [1.807, 2.05) is 0 Å². The molecule has 8 heteroatoms. The predicted octanol–water partition coefficient (Wildman–Crippen LogP) is 0.210. The van der Waals surface area contributed by atoms with Gasteiger partial charge in [0, 0.05) is 13.1 Å². The SMILES string of the molecule is CC1(C(=O)O)CCN(c2cncc3nnnn23)CC1. The lowest BCUT2D eigenvalue weighted by atomic mass is 9.80. The molecule has 1 fully saturated rings. The van der Waals surface area contributed by atoms with E-state index < -0.39 is 11.4 Å². The number of rotatable bonds is 2. The third-order valence-corrected chi connectivity index (χ3v) is 3.80. The number of tetrazole rings is 1. The van der Waals surface area contributed by atoms with E-state index in [2.05, 4.69) is 25.4 Å². The van der Waals surface area contributed by atoms with Gasteiger partial charge in [-0.05, 0) is 30.2 Å². The molecule has 2 aromatic heterocycles. The molecular weight excluding hydrogens is 248 g/mol. The molecular formula is C11H14N6O2. The summed E-state index contributed by atoms with van der Waals surface area (Å²) in [5, 5.41) is 20.6. The number of aromatic nitrogens is 5. The van der Waals surface area contributed by atoms with Crippen molar-refractivity contribution >= 4 is 17.4 Å². The molecule has 0 aromatic carbocycles. The monoisotopic (exact) mass is 262 g/mol. The van der Waals surface area contributed by atoms with Gasteiger partial charge in [0.1, 0.15) is 0 Å². The average molecular weight is 262 g/mol. The highest BCUT2D eigenvalue weighted by Crippen LogP contribution is 2.32. The van der Waals surface area contributed by atoms with Crippen LogP contribution < -0.4 is 4.90 Å². The van der Waals surface area contributed by atoms with Crippen LogP contribution in [0.4, 0.5) is 5.82 Å². The van der Waals surface area contributed by atoms with E-state index in [-0.39, 0.29) is 0 Å². The average Bonchev–Trinajstić information content (AvgIpc) is 2.87. The van der Waals surface area contributed by atoms with Crippen LogP contribution >= 0.6 is 0 Å². The molecule has 1 saturated heterocycles. The molecule has 3 rings (SSSR count). The Morgan fingerprint density at radius 3 is 2.79 bits per heavy atom. The van der Waals surface area contributed by atoms with Crippen LogP contribution in [-0.2, 0) is 4.79 Å². The number of hydrogen-bond donors (Lipinski definition) is 1. The maximum atomic E-state index is 11.2. The van der Waals surface area contributed by atoms with E-state index in [1.165, 1.54) is 0 Å². The Hall–Kier alpha value is -2.25. The highest BCUT2D eigenvalue weighted by Gasteiger charge is 2.37. The van der Waals surface area contributed by atoms with Gasteiger partial charge in [-0.2, -0.15) is 4.52 Å². The zero-order chi connectivity index (χ0) is 13.5. The number of carbonyl (C=O) groups is 1. The first-order chi connectivity index (χ1) is 9.10. The standard InChI is InChI=1S/C11H14N6O2/c1-11(10(18)19)2-4-16(5-3-11)9-7-12-6-8-13-14-15-17(8)9/h6-7H,2-5H2,1H3,(H,18,19). The van der Waals surface area contributed by atoms with Crippen LogP contribution in [0.15, 0.2) is 12.4 Å². The first-order valence-corrected chi connectivity index (χ1v) is 6.11. The number of aliphatic carboxylic acids is 1. The van der Waals surface area contributed by atoms with Crippen LogP contribution in [0.2, 0.25) is 0 Å². The van der Waals surface area contributed by atoms with Gasteiger partial charge in [0.05, 0.1) is 17.8 Å². The van der Waals surface area contributed by atoms with Crippen molar-refractivity contribution < 1.29 is 9.90 Å². The van der Waals surface area contributed by atoms with Crippen LogP contribution in [0.5, 0.6) is 0 Å². The zero-order valence-electron chi connectivity index (χ0n) is 10.5. The Bertz CT molecular complexity index is 616. The van der Waals surface area contributed by atoms with Gasteiger partial charge in [-0.1, -0.05) is 0 Å². The van der Waals surface area contributed by atoms with Gasteiger partial charge in [-0.25, -0.2) is 0 Å². The summed E-state index contributed by atoms with van der Waals surface area (Å²) in [6, 6.07) is 0. The van der Waals surface area contributed by atoms with Crippen molar-refractivity contribution in [2.24, 2.45) is 5.41 Å². The molecule has 0 spiro atoms. The lowest BCUT2D eigenvalue weighted by molar-refractivity contribution is -0.149. The predicted molar refractivity (Wildman–Crippen MR) is 65.8 cm³/mol. The molecule has 2 aromatic rings. The van der Waals surface area contributed by atoms with E-state index in [1.54, 1.807) is 23.8 Å². The van der Waals surface area contributed by atoms with Crippen molar-refractivity contribution in [1.82, 2.24) is 25.0 Å². The van der Waals surface area contributed by atoms with Gasteiger partial charge < -0.3 is 10.0 Å². The summed E-state index contributed by atoms with van der Waals surface area (Å²) >= 11 is 0. The smallest absolute Gasteiger partial charge is 0.309 e. The van der Waals surface area contributed by atoms with Gasteiger partial charge >= 0.3 is 5.97 Å². The molecule has 0 aliphatic carbocycles. The maximum Gasteiger partial charge on any atom is 0.309 e. The van der Waals surface area contributed by atoms with E-state index in [0.29, 0.717) is 31.6 Å². The minimum absolute atomic E-state index is 0.587. The van der Waals surface area contributed by atoms with Crippen LogP contribution in [0.3, 0.4) is 0 Å². The lowest BCUT2D eigenvalue weighted by Crippen LogP contribution is -2.43. The second-order valence-corrected chi connectivity index (χ2v) is 5.07. The van der Waals surface area contributed by atoms with Gasteiger partial charge in [-0.3, -0.25) is 9.78 Å². The molecule has 8 nitrogen and oxygen atoms in total. The number of carboxylic acids is 1. The Labute approximate surface area is 109 Å². The second kappa shape index (κ2) is 4.15. The largest absolute Gasteiger partial charge is 0.481 e. The lowest BCUT2D eigenvalue weighted by Gasteiger charge is -2.37. The number of carboxylic acid groups (broad SMARTS) is 1. The fraction of sp³-hybridized carbons (Fsp3) is 0.545. The van der Waals surface area contributed by atoms with E-state index >= 15 is 0 Å². The second-order valence-electron chi connectivity index (χ2n) is 5.07. The molecule has 0 bridgehead atoms. The summed E-state index contributed by atoms with van der Waals surface area (Å²) in [7, 11) is 0. The number of piperidine rings is 1.